The Morgan fingerprint density at radius 3 is 1.31 bits per heavy atom. The molecule has 2 nitrogen and oxygen atoms in total. The molecular weight excluding hydrogens is 568 g/mol. The lowest BCUT2D eigenvalue weighted by Crippen LogP contribution is -2.14. The van der Waals surface area contributed by atoms with Gasteiger partial charge in [-0.15, -0.1) is 0 Å². The summed E-state index contributed by atoms with van der Waals surface area (Å²) in [4.78, 5) is 4.55. The molecule has 0 heterocycles. The van der Waals surface area contributed by atoms with Gasteiger partial charge in [-0.25, -0.2) is 0 Å². The monoisotopic (exact) mass is 598 g/mol. The van der Waals surface area contributed by atoms with Crippen molar-refractivity contribution in [2.45, 2.75) is 0 Å². The van der Waals surface area contributed by atoms with Crippen LogP contribution in [0.2, 0.25) is 5.02 Å². The second-order valence-electron chi connectivity index (χ2n) is 10.8. The summed E-state index contributed by atoms with van der Waals surface area (Å²) in [7, 11) is 0. The largest absolute Gasteiger partial charge is 0.310 e. The zero-order valence-corrected chi connectivity index (χ0v) is 25.4. The fourth-order valence-corrected chi connectivity index (χ4v) is 6.03. The van der Waals surface area contributed by atoms with E-state index in [4.69, 9.17) is 11.6 Å². The summed E-state index contributed by atoms with van der Waals surface area (Å²) in [6.07, 6.45) is 0. The Balaban J connectivity index is 1.42. The van der Waals surface area contributed by atoms with Crippen LogP contribution >= 0.6 is 11.6 Å². The number of halogens is 1. The van der Waals surface area contributed by atoms with Gasteiger partial charge in [0.25, 0.3) is 0 Å². The molecule has 0 amide bonds. The molecule has 0 aliphatic carbocycles. The lowest BCUT2D eigenvalue weighted by atomic mass is 10.0. The van der Waals surface area contributed by atoms with Gasteiger partial charge in [0.2, 0.25) is 0 Å². The molecule has 0 aromatic heterocycles. The first-order valence-electron chi connectivity index (χ1n) is 15.1. The van der Waals surface area contributed by atoms with Crippen molar-refractivity contribution in [2.75, 3.05) is 9.80 Å². The van der Waals surface area contributed by atoms with Crippen LogP contribution in [0.15, 0.2) is 188 Å². The second kappa shape index (κ2) is 13.0. The Kier molecular flexibility index (Phi) is 8.13. The van der Waals surface area contributed by atoms with Crippen LogP contribution in [0.5, 0.6) is 0 Å². The summed E-state index contributed by atoms with van der Waals surface area (Å²) < 4.78 is 0. The van der Waals surface area contributed by atoms with Gasteiger partial charge >= 0.3 is 0 Å². The van der Waals surface area contributed by atoms with E-state index in [2.05, 4.69) is 168 Å². The quantitative estimate of drug-likeness (QED) is 0.172. The van der Waals surface area contributed by atoms with E-state index in [9.17, 15) is 0 Å². The van der Waals surface area contributed by atoms with Gasteiger partial charge < -0.3 is 9.80 Å². The third-order valence-electron chi connectivity index (χ3n) is 7.87. The van der Waals surface area contributed by atoms with Crippen molar-refractivity contribution in [2.24, 2.45) is 0 Å². The van der Waals surface area contributed by atoms with Crippen molar-refractivity contribution in [3.05, 3.63) is 193 Å². The number of nitrogens with zero attached hydrogens (tertiary/aromatic N) is 2. The van der Waals surface area contributed by atoms with Crippen LogP contribution in [-0.2, 0) is 0 Å². The number of para-hydroxylation sites is 3. The molecule has 7 aromatic rings. The molecule has 7 aromatic carbocycles. The van der Waals surface area contributed by atoms with Gasteiger partial charge in [0.05, 0.1) is 5.69 Å². The molecule has 216 valence electrons. The molecule has 0 radical (unpaired) electrons. The molecular formula is C42H31ClN2. The predicted octanol–water partition coefficient (Wildman–Crippen LogP) is 12.6. The zero-order chi connectivity index (χ0) is 30.4. The fourth-order valence-electron chi connectivity index (χ4n) is 5.81. The van der Waals surface area contributed by atoms with E-state index in [1.807, 2.05) is 30.3 Å². The molecule has 0 fully saturated rings. The maximum Gasteiger partial charge on any atom is 0.0540 e. The Labute approximate surface area is 270 Å². The molecule has 0 bridgehead atoms. The maximum atomic E-state index is 7.00. The van der Waals surface area contributed by atoms with E-state index in [1.165, 1.54) is 11.1 Å². The minimum absolute atomic E-state index is 0.655. The SMILES string of the molecule is Clc1cc(N(c2ccccc2)c2ccccc2)cc(N(c2ccc(-c3ccccc3)cc2)c2ccccc2-c2ccccc2)c1. The number of anilines is 6. The minimum atomic E-state index is 0.655. The van der Waals surface area contributed by atoms with Gasteiger partial charge in [-0.2, -0.15) is 0 Å². The molecule has 0 N–H and O–H groups in total. The first-order valence-corrected chi connectivity index (χ1v) is 15.4. The first-order chi connectivity index (χ1) is 22.2. The van der Waals surface area contributed by atoms with Crippen molar-refractivity contribution >= 4 is 45.7 Å². The summed E-state index contributed by atoms with van der Waals surface area (Å²) in [6, 6.07) is 65.5. The van der Waals surface area contributed by atoms with Crippen molar-refractivity contribution in [1.82, 2.24) is 0 Å². The van der Waals surface area contributed by atoms with Crippen molar-refractivity contribution in [3.63, 3.8) is 0 Å². The van der Waals surface area contributed by atoms with E-state index in [0.29, 0.717) is 5.02 Å². The number of hydrogen-bond donors (Lipinski definition) is 0. The van der Waals surface area contributed by atoms with Crippen molar-refractivity contribution in [3.8, 4) is 22.3 Å². The van der Waals surface area contributed by atoms with Gasteiger partial charge in [-0.1, -0.05) is 139 Å². The molecule has 0 aliphatic heterocycles. The topological polar surface area (TPSA) is 6.48 Å². The highest BCUT2D eigenvalue weighted by Gasteiger charge is 2.20. The van der Waals surface area contributed by atoms with E-state index < -0.39 is 0 Å². The first kappa shape index (κ1) is 28.2. The van der Waals surface area contributed by atoms with Gasteiger partial charge in [0, 0.05) is 39.0 Å². The van der Waals surface area contributed by atoms with E-state index in [-0.39, 0.29) is 0 Å². The molecule has 0 saturated heterocycles. The number of rotatable bonds is 8. The highest BCUT2D eigenvalue weighted by Crippen LogP contribution is 2.45. The normalized spacial score (nSPS) is 10.8. The second-order valence-corrected chi connectivity index (χ2v) is 11.2. The predicted molar refractivity (Wildman–Crippen MR) is 192 cm³/mol. The van der Waals surface area contributed by atoms with Crippen LogP contribution in [0.1, 0.15) is 0 Å². The maximum absolute atomic E-state index is 7.00. The van der Waals surface area contributed by atoms with Crippen LogP contribution in [0.25, 0.3) is 22.3 Å². The van der Waals surface area contributed by atoms with Gasteiger partial charge in [0.1, 0.15) is 0 Å². The molecule has 3 heteroatoms. The van der Waals surface area contributed by atoms with Crippen molar-refractivity contribution < 1.29 is 0 Å². The standard InChI is InChI=1S/C42H31ClN2/c43-35-29-39(44(36-19-9-3-10-20-36)37-21-11-4-12-22-37)31-40(30-35)45(38-27-25-33(26-28-38)32-15-5-1-6-16-32)42-24-14-13-23-41(42)34-17-7-2-8-18-34/h1-31H. The van der Waals surface area contributed by atoms with E-state index in [1.54, 1.807) is 0 Å². The summed E-state index contributed by atoms with van der Waals surface area (Å²) >= 11 is 7.00. The summed E-state index contributed by atoms with van der Waals surface area (Å²) in [6.45, 7) is 0. The molecule has 0 unspecified atom stereocenters. The lowest BCUT2D eigenvalue weighted by Gasteiger charge is -2.31. The zero-order valence-electron chi connectivity index (χ0n) is 24.7. The molecule has 45 heavy (non-hydrogen) atoms. The Morgan fingerprint density at radius 1 is 0.311 bits per heavy atom. The summed E-state index contributed by atoms with van der Waals surface area (Å²) in [5.74, 6) is 0. The molecule has 0 atom stereocenters. The average molecular weight is 599 g/mol. The molecule has 0 saturated carbocycles. The minimum Gasteiger partial charge on any atom is -0.310 e. The Hall–Kier alpha value is -5.57. The van der Waals surface area contributed by atoms with E-state index in [0.717, 1.165) is 45.3 Å². The third-order valence-corrected chi connectivity index (χ3v) is 8.09. The number of hydrogen-bond acceptors (Lipinski definition) is 2. The van der Waals surface area contributed by atoms with Gasteiger partial charge in [0.15, 0.2) is 0 Å². The molecule has 7 rings (SSSR count). The highest BCUT2D eigenvalue weighted by molar-refractivity contribution is 6.31. The van der Waals surface area contributed by atoms with Crippen LogP contribution in [0.4, 0.5) is 34.1 Å². The summed E-state index contributed by atoms with van der Waals surface area (Å²) in [5.41, 5.74) is 10.8. The smallest absolute Gasteiger partial charge is 0.0540 e. The highest BCUT2D eigenvalue weighted by atomic mass is 35.5. The van der Waals surface area contributed by atoms with Crippen LogP contribution in [-0.4, -0.2) is 0 Å². The van der Waals surface area contributed by atoms with Gasteiger partial charge in [-0.3, -0.25) is 0 Å². The Morgan fingerprint density at radius 2 is 0.733 bits per heavy atom. The van der Waals surface area contributed by atoms with Crippen LogP contribution in [0, 0.1) is 0 Å². The van der Waals surface area contributed by atoms with E-state index >= 15 is 0 Å². The molecule has 0 spiro atoms. The lowest BCUT2D eigenvalue weighted by molar-refractivity contribution is 1.25. The Bertz CT molecular complexity index is 1950. The fraction of sp³-hybridized carbons (Fsp3) is 0. The van der Waals surface area contributed by atoms with Gasteiger partial charge in [-0.05, 0) is 77.4 Å². The third kappa shape index (κ3) is 6.10. The average Bonchev–Trinajstić information content (AvgIpc) is 3.11. The van der Waals surface area contributed by atoms with Crippen LogP contribution in [0.3, 0.4) is 0 Å². The van der Waals surface area contributed by atoms with Crippen molar-refractivity contribution in [1.29, 1.82) is 0 Å². The molecule has 0 aliphatic rings. The summed E-state index contributed by atoms with van der Waals surface area (Å²) in [5, 5.41) is 0.655. The van der Waals surface area contributed by atoms with Crippen LogP contribution < -0.4 is 9.80 Å². The number of benzene rings is 7.